The second-order valence-corrected chi connectivity index (χ2v) is 3.02. The maximum Gasteiger partial charge on any atom is 0.411 e. The highest BCUT2D eigenvalue weighted by atomic mass is 16.5. The molecule has 1 aromatic rings. The molecular weight excluding hydrogens is 226 g/mol. The van der Waals surface area contributed by atoms with E-state index in [1.54, 1.807) is 12.1 Å². The molecule has 0 unspecified atom stereocenters. The fourth-order valence-electron chi connectivity index (χ4n) is 1.17. The maximum absolute atomic E-state index is 11.0. The van der Waals surface area contributed by atoms with Gasteiger partial charge in [0, 0.05) is 5.56 Å². The van der Waals surface area contributed by atoms with E-state index in [9.17, 15) is 4.79 Å². The van der Waals surface area contributed by atoms with Crippen molar-refractivity contribution in [3.63, 3.8) is 0 Å². The van der Waals surface area contributed by atoms with E-state index < -0.39 is 6.09 Å². The Morgan fingerprint density at radius 2 is 2.18 bits per heavy atom. The molecule has 0 aliphatic rings. The summed E-state index contributed by atoms with van der Waals surface area (Å²) in [7, 11) is 2.69. The lowest BCUT2D eigenvalue weighted by Gasteiger charge is -2.10. The molecule has 7 heteroatoms. The van der Waals surface area contributed by atoms with Crippen LogP contribution in [0.2, 0.25) is 0 Å². The normalized spacial score (nSPS) is 10.8. The van der Waals surface area contributed by atoms with Gasteiger partial charge in [-0.1, -0.05) is 5.16 Å². The van der Waals surface area contributed by atoms with E-state index in [0.29, 0.717) is 17.0 Å². The van der Waals surface area contributed by atoms with Crippen molar-refractivity contribution in [3.8, 4) is 5.75 Å². The number of nitrogens with zero attached hydrogens (tertiary/aromatic N) is 1. The van der Waals surface area contributed by atoms with Gasteiger partial charge in [0.2, 0.25) is 0 Å². The average molecular weight is 239 g/mol. The number of carbonyl (C=O) groups is 1. The zero-order chi connectivity index (χ0) is 12.8. The number of hydrogen-bond acceptors (Lipinski definition) is 5. The van der Waals surface area contributed by atoms with Crippen molar-refractivity contribution < 1.29 is 19.5 Å². The number of amides is 1. The average Bonchev–Trinajstić information content (AvgIpc) is 2.37. The van der Waals surface area contributed by atoms with Gasteiger partial charge >= 0.3 is 6.09 Å². The van der Waals surface area contributed by atoms with Crippen LogP contribution in [0.4, 0.5) is 10.5 Å². The van der Waals surface area contributed by atoms with E-state index in [2.05, 4.69) is 15.2 Å². The topological polar surface area (TPSA) is 106 Å². The lowest BCUT2D eigenvalue weighted by Crippen LogP contribution is -2.15. The van der Waals surface area contributed by atoms with Gasteiger partial charge in [0.15, 0.2) is 5.84 Å². The summed E-state index contributed by atoms with van der Waals surface area (Å²) in [4.78, 5) is 11.0. The van der Waals surface area contributed by atoms with Crippen LogP contribution in [0.15, 0.2) is 23.4 Å². The Bertz CT molecular complexity index is 445. The highest BCUT2D eigenvalue weighted by Gasteiger charge is 2.09. The van der Waals surface area contributed by atoms with Gasteiger partial charge in [-0.2, -0.15) is 0 Å². The molecule has 0 heterocycles. The molecule has 1 rings (SSSR count). The van der Waals surface area contributed by atoms with Gasteiger partial charge < -0.3 is 20.4 Å². The molecule has 0 aromatic heterocycles. The molecule has 92 valence electrons. The Labute approximate surface area is 97.8 Å². The molecule has 0 bridgehead atoms. The Morgan fingerprint density at radius 1 is 1.47 bits per heavy atom. The number of ether oxygens (including phenoxy) is 2. The number of anilines is 1. The van der Waals surface area contributed by atoms with Gasteiger partial charge in [0.1, 0.15) is 5.75 Å². The molecule has 0 aliphatic carbocycles. The molecule has 0 atom stereocenters. The summed E-state index contributed by atoms with van der Waals surface area (Å²) < 4.78 is 9.52. The molecule has 17 heavy (non-hydrogen) atoms. The molecule has 0 radical (unpaired) electrons. The first-order valence-corrected chi connectivity index (χ1v) is 4.63. The van der Waals surface area contributed by atoms with Crippen LogP contribution in [-0.4, -0.2) is 31.4 Å². The summed E-state index contributed by atoms with van der Waals surface area (Å²) in [5.41, 5.74) is 6.32. The minimum atomic E-state index is -0.611. The summed E-state index contributed by atoms with van der Waals surface area (Å²) in [6.45, 7) is 0. The molecule has 1 amide bonds. The molecule has 0 saturated heterocycles. The Hall–Kier alpha value is -2.44. The zero-order valence-corrected chi connectivity index (χ0v) is 9.43. The lowest BCUT2D eigenvalue weighted by molar-refractivity contribution is 0.187. The van der Waals surface area contributed by atoms with Gasteiger partial charge in [-0.15, -0.1) is 0 Å². The number of oxime groups is 1. The van der Waals surface area contributed by atoms with Gasteiger partial charge in [-0.3, -0.25) is 5.32 Å². The summed E-state index contributed by atoms with van der Waals surface area (Å²) in [5, 5.41) is 13.9. The maximum atomic E-state index is 11.0. The van der Waals surface area contributed by atoms with Crippen LogP contribution in [0.3, 0.4) is 0 Å². The van der Waals surface area contributed by atoms with Crippen molar-refractivity contribution >= 4 is 17.6 Å². The van der Waals surface area contributed by atoms with Gasteiger partial charge in [-0.05, 0) is 18.2 Å². The number of carbonyl (C=O) groups excluding carboxylic acids is 1. The summed E-state index contributed by atoms with van der Waals surface area (Å²) >= 11 is 0. The fraction of sp³-hybridized carbons (Fsp3) is 0.200. The number of methoxy groups -OCH3 is 2. The largest absolute Gasteiger partial charge is 0.495 e. The highest BCUT2D eigenvalue weighted by molar-refractivity contribution is 5.98. The molecular formula is C10H13N3O4. The first-order valence-electron chi connectivity index (χ1n) is 4.63. The molecule has 0 spiro atoms. The SMILES string of the molecule is COC(=O)Nc1ccc(/C(N)=N/O)cc1OC. The van der Waals surface area contributed by atoms with E-state index in [1.165, 1.54) is 20.3 Å². The molecule has 4 N–H and O–H groups in total. The number of hydrogen-bond donors (Lipinski definition) is 3. The summed E-state index contributed by atoms with van der Waals surface area (Å²) in [5.74, 6) is 0.326. The Kier molecular flexibility index (Phi) is 4.15. The highest BCUT2D eigenvalue weighted by Crippen LogP contribution is 2.25. The number of benzene rings is 1. The molecule has 0 saturated carbocycles. The molecule has 0 fully saturated rings. The fourth-order valence-corrected chi connectivity index (χ4v) is 1.17. The number of nitrogens with one attached hydrogen (secondary N) is 1. The van der Waals surface area contributed by atoms with Crippen LogP contribution in [0.1, 0.15) is 5.56 Å². The van der Waals surface area contributed by atoms with Gasteiger partial charge in [0.05, 0.1) is 19.9 Å². The third kappa shape index (κ3) is 3.00. The standard InChI is InChI=1S/C10H13N3O4/c1-16-8-5-6(9(11)13-15)3-4-7(8)12-10(14)17-2/h3-5,15H,1-2H3,(H2,11,13)(H,12,14). The van der Waals surface area contributed by atoms with Crippen LogP contribution in [0.5, 0.6) is 5.75 Å². The van der Waals surface area contributed by atoms with Crippen molar-refractivity contribution in [3.05, 3.63) is 23.8 Å². The first kappa shape index (κ1) is 12.6. The lowest BCUT2D eigenvalue weighted by atomic mass is 10.1. The predicted octanol–water partition coefficient (Wildman–Crippen LogP) is 0.968. The molecule has 0 aliphatic heterocycles. The minimum absolute atomic E-state index is 0.0482. The molecule has 7 nitrogen and oxygen atoms in total. The van der Waals surface area contributed by atoms with E-state index in [0.717, 1.165) is 0 Å². The third-order valence-electron chi connectivity index (χ3n) is 2.03. The molecule has 1 aromatic carbocycles. The third-order valence-corrected chi connectivity index (χ3v) is 2.03. The van der Waals surface area contributed by atoms with Crippen molar-refractivity contribution in [1.29, 1.82) is 0 Å². The number of amidine groups is 1. The monoisotopic (exact) mass is 239 g/mol. The quantitative estimate of drug-likeness (QED) is 0.315. The zero-order valence-electron chi connectivity index (χ0n) is 9.43. The van der Waals surface area contributed by atoms with E-state index in [-0.39, 0.29) is 5.84 Å². The smallest absolute Gasteiger partial charge is 0.411 e. The Balaban J connectivity index is 3.05. The van der Waals surface area contributed by atoms with Crippen LogP contribution in [-0.2, 0) is 4.74 Å². The van der Waals surface area contributed by atoms with Crippen molar-refractivity contribution in [2.75, 3.05) is 19.5 Å². The van der Waals surface area contributed by atoms with E-state index in [1.807, 2.05) is 0 Å². The van der Waals surface area contributed by atoms with Crippen LogP contribution in [0.25, 0.3) is 0 Å². The summed E-state index contributed by atoms with van der Waals surface area (Å²) in [6.07, 6.45) is -0.611. The second-order valence-electron chi connectivity index (χ2n) is 3.02. The predicted molar refractivity (Wildman–Crippen MR) is 61.5 cm³/mol. The number of nitrogens with two attached hydrogens (primary N) is 1. The van der Waals surface area contributed by atoms with Gasteiger partial charge in [-0.25, -0.2) is 4.79 Å². The minimum Gasteiger partial charge on any atom is -0.495 e. The van der Waals surface area contributed by atoms with Crippen molar-refractivity contribution in [1.82, 2.24) is 0 Å². The Morgan fingerprint density at radius 3 is 2.71 bits per heavy atom. The number of rotatable bonds is 3. The van der Waals surface area contributed by atoms with E-state index >= 15 is 0 Å². The van der Waals surface area contributed by atoms with Crippen LogP contribution >= 0.6 is 0 Å². The summed E-state index contributed by atoms with van der Waals surface area (Å²) in [6, 6.07) is 4.66. The van der Waals surface area contributed by atoms with Gasteiger partial charge in [0.25, 0.3) is 0 Å². The van der Waals surface area contributed by atoms with E-state index in [4.69, 9.17) is 15.7 Å². The van der Waals surface area contributed by atoms with Crippen LogP contribution in [0, 0.1) is 0 Å². The first-order chi connectivity index (χ1) is 8.12. The van der Waals surface area contributed by atoms with Crippen molar-refractivity contribution in [2.24, 2.45) is 10.9 Å². The van der Waals surface area contributed by atoms with Crippen LogP contribution < -0.4 is 15.8 Å². The van der Waals surface area contributed by atoms with Crippen molar-refractivity contribution in [2.45, 2.75) is 0 Å². The second kappa shape index (κ2) is 5.59.